The molecule has 4 heterocycles. The third-order valence-electron chi connectivity index (χ3n) is 3.33. The summed E-state index contributed by atoms with van der Waals surface area (Å²) in [6.45, 7) is 0. The highest BCUT2D eigenvalue weighted by atomic mass is 15.2. The van der Waals surface area contributed by atoms with Crippen molar-refractivity contribution < 1.29 is 0 Å². The molecule has 0 spiro atoms. The Bertz CT molecular complexity index is 873. The Morgan fingerprint density at radius 1 is 1.21 bits per heavy atom. The molecule has 0 amide bonds. The van der Waals surface area contributed by atoms with E-state index in [1.165, 1.54) is 0 Å². The number of nitrogens with zero attached hydrogens (tertiary/aromatic N) is 4. The number of aryl methyl sites for hydroxylation is 1. The van der Waals surface area contributed by atoms with Crippen LogP contribution in [0.25, 0.3) is 33.2 Å². The lowest BCUT2D eigenvalue weighted by atomic mass is 10.2. The maximum absolute atomic E-state index is 4.59. The molecular weight excluding hydrogens is 238 g/mol. The predicted molar refractivity (Wildman–Crippen MR) is 73.6 cm³/mol. The molecule has 1 N–H and O–H groups in total. The van der Waals surface area contributed by atoms with Crippen LogP contribution in [0.3, 0.4) is 0 Å². The molecule has 0 aliphatic heterocycles. The molecule has 0 fully saturated rings. The van der Waals surface area contributed by atoms with Crippen molar-refractivity contribution in [2.75, 3.05) is 0 Å². The fourth-order valence-electron chi connectivity index (χ4n) is 2.41. The van der Waals surface area contributed by atoms with Crippen LogP contribution >= 0.6 is 0 Å². The normalized spacial score (nSPS) is 11.4. The van der Waals surface area contributed by atoms with Crippen molar-refractivity contribution >= 4 is 21.9 Å². The van der Waals surface area contributed by atoms with Crippen LogP contribution in [0.4, 0.5) is 0 Å². The molecule has 0 aliphatic carbocycles. The zero-order valence-electron chi connectivity index (χ0n) is 10.3. The summed E-state index contributed by atoms with van der Waals surface area (Å²) < 4.78 is 1.98. The van der Waals surface area contributed by atoms with Crippen LogP contribution in [0, 0.1) is 0 Å². The number of pyridine rings is 2. The lowest BCUT2D eigenvalue weighted by Crippen LogP contribution is -1.89. The van der Waals surface area contributed by atoms with E-state index >= 15 is 0 Å². The molecule has 0 radical (unpaired) electrons. The molecule has 4 rings (SSSR count). The van der Waals surface area contributed by atoms with E-state index in [-0.39, 0.29) is 0 Å². The molecular formula is C14H11N5. The third-order valence-corrected chi connectivity index (χ3v) is 3.33. The molecule has 0 saturated carbocycles. The molecule has 4 aromatic rings. The van der Waals surface area contributed by atoms with Crippen molar-refractivity contribution in [2.45, 2.75) is 0 Å². The summed E-state index contributed by atoms with van der Waals surface area (Å²) in [5, 5.41) is 5.31. The van der Waals surface area contributed by atoms with Crippen LogP contribution in [0.2, 0.25) is 0 Å². The van der Waals surface area contributed by atoms with Crippen molar-refractivity contribution in [3.63, 3.8) is 0 Å². The summed E-state index contributed by atoms with van der Waals surface area (Å²) in [7, 11) is 1.99. The highest BCUT2D eigenvalue weighted by Gasteiger charge is 2.11. The number of nitrogens with one attached hydrogen (secondary N) is 1. The minimum atomic E-state index is 0.773. The third kappa shape index (κ3) is 1.45. The molecule has 0 aliphatic rings. The Morgan fingerprint density at radius 3 is 2.89 bits per heavy atom. The molecule has 92 valence electrons. The van der Waals surface area contributed by atoms with Crippen molar-refractivity contribution in [3.05, 3.63) is 43.0 Å². The average Bonchev–Trinajstić information content (AvgIpc) is 3.03. The zero-order valence-corrected chi connectivity index (χ0v) is 10.3. The SMILES string of the molecule is Cn1[nH]cc2cnc3nc(-c4ccncc4)cc3c21. The quantitative estimate of drug-likeness (QED) is 0.564. The molecule has 19 heavy (non-hydrogen) atoms. The van der Waals surface area contributed by atoms with Gasteiger partial charge in [-0.15, -0.1) is 0 Å². The van der Waals surface area contributed by atoms with Crippen LogP contribution in [-0.2, 0) is 7.05 Å². The standard InChI is InChI=1S/C14H11N5/c1-19-13-10(8-17-19)7-16-14-11(13)6-12(18-14)9-2-4-15-5-3-9/h2-8,17H,1H3. The number of hydrogen-bond acceptors (Lipinski definition) is 3. The van der Waals surface area contributed by atoms with Gasteiger partial charge >= 0.3 is 0 Å². The maximum atomic E-state index is 4.59. The van der Waals surface area contributed by atoms with Crippen molar-refractivity contribution in [1.82, 2.24) is 24.7 Å². The Hall–Kier alpha value is -2.69. The average molecular weight is 249 g/mol. The van der Waals surface area contributed by atoms with E-state index in [2.05, 4.69) is 26.1 Å². The Balaban J connectivity index is 2.06. The molecule has 0 bridgehead atoms. The van der Waals surface area contributed by atoms with Crippen LogP contribution in [0.15, 0.2) is 43.0 Å². The predicted octanol–water partition coefficient (Wildman–Crippen LogP) is 2.51. The second kappa shape index (κ2) is 3.65. The molecule has 0 atom stereocenters. The lowest BCUT2D eigenvalue weighted by Gasteiger charge is -1.95. The molecule has 0 aromatic carbocycles. The van der Waals surface area contributed by atoms with E-state index in [0.717, 1.165) is 33.2 Å². The van der Waals surface area contributed by atoms with Crippen molar-refractivity contribution in [2.24, 2.45) is 7.05 Å². The van der Waals surface area contributed by atoms with E-state index in [0.29, 0.717) is 0 Å². The van der Waals surface area contributed by atoms with Gasteiger partial charge in [0.2, 0.25) is 0 Å². The summed E-state index contributed by atoms with van der Waals surface area (Å²) in [5.74, 6) is 0. The monoisotopic (exact) mass is 249 g/mol. The van der Waals surface area contributed by atoms with Gasteiger partial charge in [0.25, 0.3) is 0 Å². The van der Waals surface area contributed by atoms with Crippen LogP contribution in [0.1, 0.15) is 0 Å². The first-order chi connectivity index (χ1) is 9.33. The highest BCUT2D eigenvalue weighted by Crippen LogP contribution is 2.27. The smallest absolute Gasteiger partial charge is 0.162 e. The van der Waals surface area contributed by atoms with E-state index in [9.17, 15) is 0 Å². The summed E-state index contributed by atoms with van der Waals surface area (Å²) in [6.07, 6.45) is 7.33. The van der Waals surface area contributed by atoms with Gasteiger partial charge in [0.1, 0.15) is 0 Å². The van der Waals surface area contributed by atoms with Gasteiger partial charge in [0.05, 0.1) is 11.2 Å². The van der Waals surface area contributed by atoms with Crippen molar-refractivity contribution in [3.8, 4) is 11.3 Å². The number of aromatic nitrogens is 5. The molecule has 5 nitrogen and oxygen atoms in total. The zero-order chi connectivity index (χ0) is 12.8. The first-order valence-corrected chi connectivity index (χ1v) is 6.03. The number of aromatic amines is 1. The first kappa shape index (κ1) is 10.3. The van der Waals surface area contributed by atoms with E-state index in [1.54, 1.807) is 12.4 Å². The van der Waals surface area contributed by atoms with E-state index < -0.39 is 0 Å². The Morgan fingerprint density at radius 2 is 2.05 bits per heavy atom. The van der Waals surface area contributed by atoms with Gasteiger partial charge in [-0.3, -0.25) is 9.67 Å². The number of fused-ring (bicyclic) bond motifs is 3. The van der Waals surface area contributed by atoms with E-state index in [1.807, 2.05) is 36.3 Å². The van der Waals surface area contributed by atoms with Gasteiger partial charge < -0.3 is 5.10 Å². The van der Waals surface area contributed by atoms with Gasteiger partial charge in [0.15, 0.2) is 5.65 Å². The van der Waals surface area contributed by atoms with Crippen LogP contribution in [0.5, 0.6) is 0 Å². The minimum Gasteiger partial charge on any atom is -0.305 e. The van der Waals surface area contributed by atoms with Gasteiger partial charge in [-0.2, -0.15) is 0 Å². The highest BCUT2D eigenvalue weighted by molar-refractivity contribution is 6.04. The lowest BCUT2D eigenvalue weighted by molar-refractivity contribution is 0.799. The summed E-state index contributed by atoms with van der Waals surface area (Å²) in [4.78, 5) is 13.0. The van der Waals surface area contributed by atoms with Crippen molar-refractivity contribution in [1.29, 1.82) is 0 Å². The largest absolute Gasteiger partial charge is 0.305 e. The molecule has 4 aromatic heterocycles. The number of rotatable bonds is 1. The second-order valence-electron chi connectivity index (χ2n) is 4.51. The van der Waals surface area contributed by atoms with Crippen LogP contribution in [-0.4, -0.2) is 24.7 Å². The number of H-pyrrole nitrogens is 1. The van der Waals surface area contributed by atoms with Gasteiger partial charge in [-0.25, -0.2) is 9.97 Å². The molecule has 0 unspecified atom stereocenters. The summed E-state index contributed by atoms with van der Waals surface area (Å²) in [5.41, 5.74) is 3.88. The van der Waals surface area contributed by atoms with E-state index in [4.69, 9.17) is 0 Å². The topological polar surface area (TPSA) is 59.4 Å². The fraction of sp³-hybridized carbons (Fsp3) is 0.0714. The number of hydrogen-bond donors (Lipinski definition) is 1. The summed E-state index contributed by atoms with van der Waals surface area (Å²) in [6, 6.07) is 5.99. The Kier molecular flexibility index (Phi) is 1.97. The van der Waals surface area contributed by atoms with Gasteiger partial charge in [-0.1, -0.05) is 0 Å². The first-order valence-electron chi connectivity index (χ1n) is 6.03. The fourth-order valence-corrected chi connectivity index (χ4v) is 2.41. The maximum Gasteiger partial charge on any atom is 0.162 e. The second-order valence-corrected chi connectivity index (χ2v) is 4.51. The molecule has 5 heteroatoms. The summed E-state index contributed by atoms with van der Waals surface area (Å²) >= 11 is 0. The van der Waals surface area contributed by atoms with Crippen LogP contribution < -0.4 is 0 Å². The van der Waals surface area contributed by atoms with Gasteiger partial charge in [-0.05, 0) is 18.2 Å². The minimum absolute atomic E-state index is 0.773. The molecule has 0 saturated heterocycles. The van der Waals surface area contributed by atoms with Gasteiger partial charge in [0, 0.05) is 48.2 Å². The Labute approximate surface area is 108 Å².